The van der Waals surface area contributed by atoms with Crippen LogP contribution in [0.25, 0.3) is 0 Å². The molecule has 0 N–H and O–H groups in total. The van der Waals surface area contributed by atoms with Gasteiger partial charge in [-0.15, -0.1) is 0 Å². The van der Waals surface area contributed by atoms with Gasteiger partial charge in [-0.2, -0.15) is 5.10 Å². The molecule has 1 aliphatic carbocycles. The fourth-order valence-corrected chi connectivity index (χ4v) is 3.12. The van der Waals surface area contributed by atoms with Gasteiger partial charge in [-0.3, -0.25) is 4.68 Å². The zero-order chi connectivity index (χ0) is 16.9. The normalized spacial score (nSPS) is 22.1. The van der Waals surface area contributed by atoms with E-state index in [0.717, 1.165) is 17.9 Å². The second kappa shape index (κ2) is 5.46. The molecule has 126 valence electrons. The van der Waals surface area contributed by atoms with Gasteiger partial charge in [-0.25, -0.2) is 0 Å². The van der Waals surface area contributed by atoms with Crippen LogP contribution in [0.3, 0.4) is 0 Å². The van der Waals surface area contributed by atoms with Crippen LogP contribution in [0.1, 0.15) is 57.6 Å². The van der Waals surface area contributed by atoms with Gasteiger partial charge in [0.1, 0.15) is 0 Å². The number of nitrogens with zero attached hydrogens (tertiary/aromatic N) is 2. The maximum atomic E-state index is 6.10. The quantitative estimate of drug-likeness (QED) is 0.811. The molecule has 0 spiro atoms. The average Bonchev–Trinajstić information content (AvgIpc) is 3.21. The summed E-state index contributed by atoms with van der Waals surface area (Å²) in [4.78, 5) is 0. The Morgan fingerprint density at radius 2 is 1.88 bits per heavy atom. The SMILES string of the molecule is CC1(C)OB(c2cnn(Cc3cccc(C4CC4)c3)c2)OC1(C)C. The van der Waals surface area contributed by atoms with Crippen molar-refractivity contribution in [2.24, 2.45) is 0 Å². The Labute approximate surface area is 144 Å². The highest BCUT2D eigenvalue weighted by atomic mass is 16.7. The van der Waals surface area contributed by atoms with Crippen LogP contribution in [0.5, 0.6) is 0 Å². The van der Waals surface area contributed by atoms with E-state index in [0.29, 0.717) is 0 Å². The number of hydrogen-bond acceptors (Lipinski definition) is 3. The zero-order valence-electron chi connectivity index (χ0n) is 15.0. The van der Waals surface area contributed by atoms with Crippen molar-refractivity contribution in [3.63, 3.8) is 0 Å². The fourth-order valence-electron chi connectivity index (χ4n) is 3.12. The summed E-state index contributed by atoms with van der Waals surface area (Å²) in [6, 6.07) is 8.87. The van der Waals surface area contributed by atoms with Gasteiger partial charge in [0.2, 0.25) is 0 Å². The van der Waals surface area contributed by atoms with Crippen molar-refractivity contribution < 1.29 is 9.31 Å². The Morgan fingerprint density at radius 1 is 1.17 bits per heavy atom. The van der Waals surface area contributed by atoms with Gasteiger partial charge in [0.25, 0.3) is 0 Å². The first-order valence-electron chi connectivity index (χ1n) is 8.81. The molecule has 2 aromatic rings. The lowest BCUT2D eigenvalue weighted by molar-refractivity contribution is 0.00578. The number of aromatic nitrogens is 2. The molecule has 0 radical (unpaired) electrons. The summed E-state index contributed by atoms with van der Waals surface area (Å²) in [6.45, 7) is 9.06. The fraction of sp³-hybridized carbons (Fsp3) is 0.526. The van der Waals surface area contributed by atoms with E-state index in [1.807, 2.05) is 17.1 Å². The molecular formula is C19H25BN2O2. The van der Waals surface area contributed by atoms with E-state index >= 15 is 0 Å². The van der Waals surface area contributed by atoms with Crippen molar-refractivity contribution in [2.45, 2.75) is 64.2 Å². The third-order valence-electron chi connectivity index (χ3n) is 5.52. The lowest BCUT2D eigenvalue weighted by Crippen LogP contribution is -2.41. The second-order valence-electron chi connectivity index (χ2n) is 8.08. The summed E-state index contributed by atoms with van der Waals surface area (Å²) < 4.78 is 14.2. The molecule has 1 aromatic carbocycles. The minimum absolute atomic E-state index is 0.321. The van der Waals surface area contributed by atoms with Crippen LogP contribution in [-0.4, -0.2) is 28.1 Å². The van der Waals surface area contributed by atoms with Crippen LogP contribution in [0.4, 0.5) is 0 Å². The molecular weight excluding hydrogens is 299 g/mol. The molecule has 0 unspecified atom stereocenters. The molecule has 2 fully saturated rings. The Morgan fingerprint density at radius 3 is 2.54 bits per heavy atom. The maximum absolute atomic E-state index is 6.10. The zero-order valence-corrected chi connectivity index (χ0v) is 15.0. The molecule has 24 heavy (non-hydrogen) atoms. The predicted molar refractivity (Wildman–Crippen MR) is 95.5 cm³/mol. The molecule has 5 heteroatoms. The van der Waals surface area contributed by atoms with Crippen molar-refractivity contribution in [3.05, 3.63) is 47.8 Å². The van der Waals surface area contributed by atoms with Crippen molar-refractivity contribution >= 4 is 12.6 Å². The van der Waals surface area contributed by atoms with Crippen molar-refractivity contribution in [1.82, 2.24) is 9.78 Å². The summed E-state index contributed by atoms with van der Waals surface area (Å²) in [7, 11) is -0.346. The van der Waals surface area contributed by atoms with Gasteiger partial charge in [0.05, 0.1) is 17.7 Å². The summed E-state index contributed by atoms with van der Waals surface area (Å²) in [6.07, 6.45) is 6.55. The second-order valence-corrected chi connectivity index (χ2v) is 8.08. The molecule has 0 amide bonds. The topological polar surface area (TPSA) is 36.3 Å². The standard InChI is InChI=1S/C19H25BN2O2/c1-18(2)19(3,4)24-20(23-18)17-11-21-22(13-17)12-14-6-5-7-16(10-14)15-8-9-15/h5-7,10-11,13,15H,8-9,12H2,1-4H3. The Kier molecular flexibility index (Phi) is 3.62. The molecule has 2 heterocycles. The highest BCUT2D eigenvalue weighted by Crippen LogP contribution is 2.40. The van der Waals surface area contributed by atoms with Gasteiger partial charge in [-0.1, -0.05) is 24.3 Å². The molecule has 4 rings (SSSR count). The first-order valence-corrected chi connectivity index (χ1v) is 8.81. The minimum Gasteiger partial charge on any atom is -0.399 e. The van der Waals surface area contributed by atoms with Crippen LogP contribution in [0, 0.1) is 0 Å². The third kappa shape index (κ3) is 2.91. The van der Waals surface area contributed by atoms with Gasteiger partial charge in [0, 0.05) is 17.9 Å². The van der Waals surface area contributed by atoms with Crippen molar-refractivity contribution in [2.75, 3.05) is 0 Å². The molecule has 1 saturated heterocycles. The highest BCUT2D eigenvalue weighted by molar-refractivity contribution is 6.61. The lowest BCUT2D eigenvalue weighted by Gasteiger charge is -2.32. The molecule has 1 aliphatic heterocycles. The first kappa shape index (κ1) is 15.9. The van der Waals surface area contributed by atoms with E-state index < -0.39 is 0 Å². The van der Waals surface area contributed by atoms with E-state index in [1.54, 1.807) is 0 Å². The molecule has 1 saturated carbocycles. The molecule has 0 atom stereocenters. The van der Waals surface area contributed by atoms with Gasteiger partial charge < -0.3 is 9.31 Å². The largest absolute Gasteiger partial charge is 0.498 e. The van der Waals surface area contributed by atoms with Gasteiger partial charge in [0.15, 0.2) is 0 Å². The van der Waals surface area contributed by atoms with E-state index in [-0.39, 0.29) is 18.3 Å². The van der Waals surface area contributed by atoms with Crippen LogP contribution in [-0.2, 0) is 15.9 Å². The molecule has 4 nitrogen and oxygen atoms in total. The monoisotopic (exact) mass is 324 g/mol. The van der Waals surface area contributed by atoms with E-state index in [9.17, 15) is 0 Å². The summed E-state index contributed by atoms with van der Waals surface area (Å²) in [5, 5.41) is 4.50. The maximum Gasteiger partial charge on any atom is 0.498 e. The van der Waals surface area contributed by atoms with E-state index in [1.165, 1.54) is 24.0 Å². The number of benzene rings is 1. The summed E-state index contributed by atoms with van der Waals surface area (Å²) >= 11 is 0. The lowest BCUT2D eigenvalue weighted by atomic mass is 9.82. The van der Waals surface area contributed by atoms with Gasteiger partial charge >= 0.3 is 7.12 Å². The van der Waals surface area contributed by atoms with Crippen LogP contribution < -0.4 is 5.46 Å². The number of rotatable bonds is 4. The van der Waals surface area contributed by atoms with E-state index in [2.05, 4.69) is 57.1 Å². The Hall–Kier alpha value is -1.59. The van der Waals surface area contributed by atoms with E-state index in [4.69, 9.17) is 9.31 Å². The predicted octanol–water partition coefficient (Wildman–Crippen LogP) is 3.11. The van der Waals surface area contributed by atoms with Crippen LogP contribution in [0.15, 0.2) is 36.7 Å². The Bertz CT molecular complexity index is 733. The molecule has 1 aromatic heterocycles. The van der Waals surface area contributed by atoms with Crippen molar-refractivity contribution in [3.8, 4) is 0 Å². The van der Waals surface area contributed by atoms with Crippen LogP contribution >= 0.6 is 0 Å². The molecule has 2 aliphatic rings. The number of hydrogen-bond donors (Lipinski definition) is 0. The van der Waals surface area contributed by atoms with Crippen molar-refractivity contribution in [1.29, 1.82) is 0 Å². The third-order valence-corrected chi connectivity index (χ3v) is 5.52. The molecule has 0 bridgehead atoms. The smallest absolute Gasteiger partial charge is 0.399 e. The first-order chi connectivity index (χ1) is 11.3. The minimum atomic E-state index is -0.346. The average molecular weight is 324 g/mol. The highest BCUT2D eigenvalue weighted by Gasteiger charge is 2.52. The Balaban J connectivity index is 1.48. The summed E-state index contributed by atoms with van der Waals surface area (Å²) in [5.74, 6) is 0.780. The van der Waals surface area contributed by atoms with Crippen LogP contribution in [0.2, 0.25) is 0 Å². The van der Waals surface area contributed by atoms with Gasteiger partial charge in [-0.05, 0) is 57.6 Å². The summed E-state index contributed by atoms with van der Waals surface area (Å²) in [5.41, 5.74) is 3.09.